The molecule has 0 atom stereocenters. The van der Waals surface area contributed by atoms with Crippen LogP contribution in [0.4, 0.5) is 0 Å². The summed E-state index contributed by atoms with van der Waals surface area (Å²) in [4.78, 5) is 11.9. The van der Waals surface area contributed by atoms with Crippen LogP contribution in [0.1, 0.15) is 28.4 Å². The van der Waals surface area contributed by atoms with E-state index in [1.807, 2.05) is 48.0 Å². The van der Waals surface area contributed by atoms with E-state index >= 15 is 0 Å². The molecule has 0 unspecified atom stereocenters. The summed E-state index contributed by atoms with van der Waals surface area (Å²) in [5, 5.41) is 6.68. The van der Waals surface area contributed by atoms with Crippen molar-refractivity contribution in [1.29, 1.82) is 0 Å². The molecule has 0 aliphatic carbocycles. The number of hydrogen-bond acceptors (Lipinski definition) is 3. The van der Waals surface area contributed by atoms with Crippen molar-refractivity contribution >= 4 is 17.2 Å². The lowest BCUT2D eigenvalue weighted by atomic mass is 10.1. The zero-order chi connectivity index (χ0) is 13.5. The quantitative estimate of drug-likeness (QED) is 0.879. The highest BCUT2D eigenvalue weighted by Crippen LogP contribution is 2.11. The standard InChI is InChI=1S/C15H17NO2S/c1-2-18-10-13-6-4-3-5-12(13)9-16-15(17)14-7-8-19-11-14/h3-8,11H,2,9-10H2,1H3,(H,16,17). The largest absolute Gasteiger partial charge is 0.377 e. The Morgan fingerprint density at radius 3 is 2.74 bits per heavy atom. The van der Waals surface area contributed by atoms with Crippen LogP contribution in [0.5, 0.6) is 0 Å². The number of thiophene rings is 1. The SMILES string of the molecule is CCOCc1ccccc1CNC(=O)c1ccsc1. The van der Waals surface area contributed by atoms with Gasteiger partial charge in [0.2, 0.25) is 0 Å². The molecule has 1 aromatic heterocycles. The number of hydrogen-bond donors (Lipinski definition) is 1. The monoisotopic (exact) mass is 275 g/mol. The van der Waals surface area contributed by atoms with Gasteiger partial charge in [-0.3, -0.25) is 4.79 Å². The second kappa shape index (κ2) is 7.07. The highest BCUT2D eigenvalue weighted by atomic mass is 32.1. The maximum absolute atomic E-state index is 11.9. The first-order chi connectivity index (χ1) is 9.31. The lowest BCUT2D eigenvalue weighted by molar-refractivity contribution is 0.0950. The Hall–Kier alpha value is -1.65. The fourth-order valence-corrected chi connectivity index (χ4v) is 2.39. The van der Waals surface area contributed by atoms with Crippen LogP contribution in [-0.4, -0.2) is 12.5 Å². The Bertz CT molecular complexity index is 523. The lowest BCUT2D eigenvalue weighted by Crippen LogP contribution is -2.22. The highest BCUT2D eigenvalue weighted by Gasteiger charge is 2.07. The van der Waals surface area contributed by atoms with Gasteiger partial charge in [0.15, 0.2) is 0 Å². The number of carbonyl (C=O) groups excluding carboxylic acids is 1. The molecule has 0 fully saturated rings. The van der Waals surface area contributed by atoms with Crippen molar-refractivity contribution in [3.05, 3.63) is 57.8 Å². The first-order valence-corrected chi connectivity index (χ1v) is 7.20. The average Bonchev–Trinajstić information content (AvgIpc) is 2.97. The van der Waals surface area contributed by atoms with E-state index in [9.17, 15) is 4.79 Å². The zero-order valence-corrected chi connectivity index (χ0v) is 11.7. The molecular formula is C15H17NO2S. The van der Waals surface area contributed by atoms with Crippen molar-refractivity contribution in [2.75, 3.05) is 6.61 Å². The topological polar surface area (TPSA) is 38.3 Å². The van der Waals surface area contributed by atoms with Crippen molar-refractivity contribution in [3.63, 3.8) is 0 Å². The predicted octanol–water partition coefficient (Wildman–Crippen LogP) is 3.21. The molecule has 1 N–H and O–H groups in total. The highest BCUT2D eigenvalue weighted by molar-refractivity contribution is 7.08. The number of amides is 1. The Morgan fingerprint density at radius 1 is 1.26 bits per heavy atom. The summed E-state index contributed by atoms with van der Waals surface area (Å²) in [6.45, 7) is 3.77. The van der Waals surface area contributed by atoms with Crippen LogP contribution >= 0.6 is 11.3 Å². The van der Waals surface area contributed by atoms with E-state index in [2.05, 4.69) is 5.32 Å². The van der Waals surface area contributed by atoms with Crippen molar-refractivity contribution in [3.8, 4) is 0 Å². The maximum Gasteiger partial charge on any atom is 0.252 e. The fourth-order valence-electron chi connectivity index (χ4n) is 1.75. The van der Waals surface area contributed by atoms with E-state index in [0.717, 1.165) is 11.1 Å². The average molecular weight is 275 g/mol. The van der Waals surface area contributed by atoms with Crippen LogP contribution in [0.25, 0.3) is 0 Å². The lowest BCUT2D eigenvalue weighted by Gasteiger charge is -2.10. The third kappa shape index (κ3) is 3.91. The van der Waals surface area contributed by atoms with Gasteiger partial charge in [-0.25, -0.2) is 0 Å². The summed E-state index contributed by atoms with van der Waals surface area (Å²) in [6.07, 6.45) is 0. The molecule has 0 saturated carbocycles. The molecule has 0 saturated heterocycles. The molecule has 0 radical (unpaired) electrons. The van der Waals surface area contributed by atoms with E-state index in [0.29, 0.717) is 25.3 Å². The van der Waals surface area contributed by atoms with Gasteiger partial charge in [0, 0.05) is 24.1 Å². The summed E-state index contributed by atoms with van der Waals surface area (Å²) in [6, 6.07) is 9.83. The van der Waals surface area contributed by atoms with Crippen LogP contribution in [0.15, 0.2) is 41.1 Å². The van der Waals surface area contributed by atoms with Gasteiger partial charge in [-0.1, -0.05) is 24.3 Å². The third-order valence-corrected chi connectivity index (χ3v) is 3.49. The van der Waals surface area contributed by atoms with Crippen LogP contribution in [0.3, 0.4) is 0 Å². The van der Waals surface area contributed by atoms with Gasteiger partial charge in [-0.2, -0.15) is 11.3 Å². The van der Waals surface area contributed by atoms with Gasteiger partial charge in [-0.05, 0) is 29.5 Å². The van der Waals surface area contributed by atoms with Crippen LogP contribution < -0.4 is 5.32 Å². The summed E-state index contributed by atoms with van der Waals surface area (Å²) in [5.41, 5.74) is 2.93. The Kier molecular flexibility index (Phi) is 5.12. The molecule has 0 bridgehead atoms. The Balaban J connectivity index is 1.97. The molecule has 0 aliphatic rings. The molecule has 1 amide bonds. The molecular weight excluding hydrogens is 258 g/mol. The van der Waals surface area contributed by atoms with E-state index in [1.54, 1.807) is 0 Å². The van der Waals surface area contributed by atoms with Crippen LogP contribution in [0.2, 0.25) is 0 Å². The Morgan fingerprint density at radius 2 is 2.05 bits per heavy atom. The van der Waals surface area contributed by atoms with Gasteiger partial charge in [0.25, 0.3) is 5.91 Å². The molecule has 0 aliphatic heterocycles. The van der Waals surface area contributed by atoms with Crippen molar-refractivity contribution in [2.45, 2.75) is 20.1 Å². The van der Waals surface area contributed by atoms with E-state index in [1.165, 1.54) is 11.3 Å². The van der Waals surface area contributed by atoms with E-state index in [-0.39, 0.29) is 5.91 Å². The number of rotatable bonds is 6. The molecule has 19 heavy (non-hydrogen) atoms. The summed E-state index contributed by atoms with van der Waals surface area (Å²) < 4.78 is 5.43. The van der Waals surface area contributed by atoms with E-state index in [4.69, 9.17) is 4.74 Å². The van der Waals surface area contributed by atoms with Crippen molar-refractivity contribution < 1.29 is 9.53 Å². The minimum Gasteiger partial charge on any atom is -0.377 e. The summed E-state index contributed by atoms with van der Waals surface area (Å²) >= 11 is 1.52. The fraction of sp³-hybridized carbons (Fsp3) is 0.267. The predicted molar refractivity (Wildman–Crippen MR) is 77.3 cm³/mol. The smallest absolute Gasteiger partial charge is 0.252 e. The third-order valence-electron chi connectivity index (χ3n) is 2.80. The van der Waals surface area contributed by atoms with Gasteiger partial charge in [-0.15, -0.1) is 0 Å². The number of carbonyl (C=O) groups is 1. The van der Waals surface area contributed by atoms with Crippen LogP contribution in [0, 0.1) is 0 Å². The molecule has 1 heterocycles. The second-order valence-electron chi connectivity index (χ2n) is 4.10. The van der Waals surface area contributed by atoms with Gasteiger partial charge >= 0.3 is 0 Å². The molecule has 0 spiro atoms. The number of ether oxygens (including phenoxy) is 1. The number of benzene rings is 1. The molecule has 2 aromatic rings. The minimum atomic E-state index is -0.0348. The first-order valence-electron chi connectivity index (χ1n) is 6.26. The van der Waals surface area contributed by atoms with Crippen LogP contribution in [-0.2, 0) is 17.9 Å². The molecule has 1 aromatic carbocycles. The number of nitrogens with one attached hydrogen (secondary N) is 1. The Labute approximate surface area is 117 Å². The molecule has 4 heteroatoms. The summed E-state index contributed by atoms with van der Waals surface area (Å²) in [7, 11) is 0. The minimum absolute atomic E-state index is 0.0348. The van der Waals surface area contributed by atoms with Gasteiger partial charge in [0.1, 0.15) is 0 Å². The summed E-state index contributed by atoms with van der Waals surface area (Å²) in [5.74, 6) is -0.0348. The van der Waals surface area contributed by atoms with Crippen molar-refractivity contribution in [1.82, 2.24) is 5.32 Å². The second-order valence-corrected chi connectivity index (χ2v) is 4.88. The van der Waals surface area contributed by atoms with Crippen molar-refractivity contribution in [2.24, 2.45) is 0 Å². The van der Waals surface area contributed by atoms with Gasteiger partial charge in [0.05, 0.1) is 6.61 Å². The molecule has 3 nitrogen and oxygen atoms in total. The zero-order valence-electron chi connectivity index (χ0n) is 10.9. The normalized spacial score (nSPS) is 10.4. The van der Waals surface area contributed by atoms with E-state index < -0.39 is 0 Å². The maximum atomic E-state index is 11.9. The molecule has 100 valence electrons. The van der Waals surface area contributed by atoms with Gasteiger partial charge < -0.3 is 10.1 Å². The molecule has 2 rings (SSSR count). The first kappa shape index (κ1) is 13.8.